The first-order chi connectivity index (χ1) is 9.17. The van der Waals surface area contributed by atoms with Gasteiger partial charge in [0.2, 0.25) is 0 Å². The van der Waals surface area contributed by atoms with Gasteiger partial charge < -0.3 is 4.74 Å². The summed E-state index contributed by atoms with van der Waals surface area (Å²) in [5.41, 5.74) is 1.90. The number of ketones is 1. The zero-order chi connectivity index (χ0) is 13.4. The first-order valence-electron chi connectivity index (χ1n) is 7.01. The van der Waals surface area contributed by atoms with Crippen molar-refractivity contribution in [2.45, 2.75) is 43.1 Å². The van der Waals surface area contributed by atoms with Gasteiger partial charge in [0.15, 0.2) is 5.78 Å². The van der Waals surface area contributed by atoms with Crippen LogP contribution >= 0.6 is 11.8 Å². The summed E-state index contributed by atoms with van der Waals surface area (Å²) in [6.45, 7) is 2.02. The van der Waals surface area contributed by atoms with Crippen molar-refractivity contribution in [3.8, 4) is 5.75 Å². The van der Waals surface area contributed by atoms with Gasteiger partial charge >= 0.3 is 0 Å². The van der Waals surface area contributed by atoms with E-state index in [1.54, 1.807) is 7.11 Å². The van der Waals surface area contributed by atoms with Crippen molar-refractivity contribution >= 4 is 17.5 Å². The molecule has 0 amide bonds. The Labute approximate surface area is 118 Å². The number of carbonyl (C=O) groups excluding carboxylic acids is 1. The Kier molecular flexibility index (Phi) is 3.57. The van der Waals surface area contributed by atoms with E-state index >= 15 is 0 Å². The Morgan fingerprint density at radius 2 is 1.95 bits per heavy atom. The average Bonchev–Trinajstić information content (AvgIpc) is 2.76. The number of hydrogen-bond acceptors (Lipinski definition) is 3. The standard InChI is InChI=1S/C16H20O2S/c1-10-3-6-15(18-2)14(7-10)16(17)11-8-12-4-5-13(9-11)19-12/h3,6-7,11-13H,4-5,8-9H2,1-2H3. The van der Waals surface area contributed by atoms with E-state index in [4.69, 9.17) is 4.74 Å². The van der Waals surface area contributed by atoms with E-state index in [2.05, 4.69) is 11.8 Å². The van der Waals surface area contributed by atoms with Crippen LogP contribution in [0.1, 0.15) is 41.6 Å². The molecule has 0 radical (unpaired) electrons. The van der Waals surface area contributed by atoms with Crippen molar-refractivity contribution in [3.63, 3.8) is 0 Å². The maximum Gasteiger partial charge on any atom is 0.169 e. The van der Waals surface area contributed by atoms with Crippen molar-refractivity contribution in [2.75, 3.05) is 7.11 Å². The maximum atomic E-state index is 12.8. The molecule has 2 unspecified atom stereocenters. The summed E-state index contributed by atoms with van der Waals surface area (Å²) >= 11 is 2.10. The van der Waals surface area contributed by atoms with Gasteiger partial charge in [0.05, 0.1) is 12.7 Å². The van der Waals surface area contributed by atoms with Gasteiger partial charge in [-0.1, -0.05) is 11.6 Å². The first-order valence-corrected chi connectivity index (χ1v) is 7.96. The number of carbonyl (C=O) groups is 1. The third-order valence-electron chi connectivity index (χ3n) is 4.28. The Morgan fingerprint density at radius 3 is 2.58 bits per heavy atom. The summed E-state index contributed by atoms with van der Waals surface area (Å²) in [7, 11) is 1.64. The van der Waals surface area contributed by atoms with Crippen LogP contribution in [0.4, 0.5) is 0 Å². The molecule has 2 aliphatic heterocycles. The van der Waals surface area contributed by atoms with E-state index in [1.807, 2.05) is 25.1 Å². The van der Waals surface area contributed by atoms with Gasteiger partial charge in [-0.2, -0.15) is 11.8 Å². The molecule has 19 heavy (non-hydrogen) atoms. The molecule has 1 aromatic rings. The molecule has 2 saturated heterocycles. The summed E-state index contributed by atoms with van der Waals surface area (Å²) in [6, 6.07) is 5.88. The lowest BCUT2D eigenvalue weighted by atomic mass is 9.89. The number of thioether (sulfide) groups is 1. The lowest BCUT2D eigenvalue weighted by Gasteiger charge is -2.26. The fourth-order valence-corrected chi connectivity index (χ4v) is 5.08. The van der Waals surface area contributed by atoms with Crippen molar-refractivity contribution < 1.29 is 9.53 Å². The fraction of sp³-hybridized carbons (Fsp3) is 0.562. The van der Waals surface area contributed by atoms with E-state index in [1.165, 1.54) is 12.8 Å². The number of aryl methyl sites for hydroxylation is 1. The second kappa shape index (κ2) is 5.20. The van der Waals surface area contributed by atoms with E-state index in [0.717, 1.165) is 29.7 Å². The molecule has 0 aromatic heterocycles. The molecule has 2 fully saturated rings. The fourth-order valence-electron chi connectivity index (χ4n) is 3.31. The van der Waals surface area contributed by atoms with Gasteiger partial charge in [-0.15, -0.1) is 0 Å². The van der Waals surface area contributed by atoms with Crippen LogP contribution in [-0.2, 0) is 0 Å². The molecule has 3 rings (SSSR count). The molecule has 0 spiro atoms. The number of ether oxygens (including phenoxy) is 1. The predicted octanol–water partition coefficient (Wildman–Crippen LogP) is 3.86. The molecule has 3 heteroatoms. The van der Waals surface area contributed by atoms with Gasteiger partial charge in [-0.25, -0.2) is 0 Å². The lowest BCUT2D eigenvalue weighted by Crippen LogP contribution is -2.25. The molecule has 2 atom stereocenters. The summed E-state index contributed by atoms with van der Waals surface area (Å²) in [4.78, 5) is 12.8. The third kappa shape index (κ3) is 2.53. The number of Topliss-reactive ketones (excluding diaryl/α,β-unsaturated/α-hetero) is 1. The minimum Gasteiger partial charge on any atom is -0.496 e. The molecular weight excluding hydrogens is 256 g/mol. The van der Waals surface area contributed by atoms with E-state index in [0.29, 0.717) is 10.5 Å². The highest BCUT2D eigenvalue weighted by atomic mass is 32.2. The van der Waals surface area contributed by atoms with Crippen LogP contribution in [0.5, 0.6) is 5.75 Å². The van der Waals surface area contributed by atoms with Crippen LogP contribution in [-0.4, -0.2) is 23.4 Å². The third-order valence-corrected chi connectivity index (χ3v) is 5.91. The highest BCUT2D eigenvalue weighted by Gasteiger charge is 2.38. The number of rotatable bonds is 3. The van der Waals surface area contributed by atoms with E-state index in [9.17, 15) is 4.79 Å². The monoisotopic (exact) mass is 276 g/mol. The lowest BCUT2D eigenvalue weighted by molar-refractivity contribution is 0.0903. The maximum absolute atomic E-state index is 12.8. The molecule has 0 saturated carbocycles. The molecular formula is C16H20O2S. The molecule has 102 valence electrons. The number of methoxy groups -OCH3 is 1. The van der Waals surface area contributed by atoms with Crippen molar-refractivity contribution in [3.05, 3.63) is 29.3 Å². The largest absolute Gasteiger partial charge is 0.496 e. The van der Waals surface area contributed by atoms with Crippen LogP contribution < -0.4 is 4.74 Å². The van der Waals surface area contributed by atoms with Gasteiger partial charge in [0.1, 0.15) is 5.75 Å². The van der Waals surface area contributed by atoms with Crippen molar-refractivity contribution in [2.24, 2.45) is 5.92 Å². The quantitative estimate of drug-likeness (QED) is 0.784. The van der Waals surface area contributed by atoms with Crippen molar-refractivity contribution in [1.29, 1.82) is 0 Å². The zero-order valence-corrected chi connectivity index (χ0v) is 12.3. The van der Waals surface area contributed by atoms with Gasteiger partial charge in [-0.3, -0.25) is 4.79 Å². The molecule has 0 N–H and O–H groups in total. The second-order valence-corrected chi connectivity index (χ2v) is 7.30. The molecule has 2 bridgehead atoms. The van der Waals surface area contributed by atoms with E-state index < -0.39 is 0 Å². The van der Waals surface area contributed by atoms with E-state index in [-0.39, 0.29) is 11.7 Å². The van der Waals surface area contributed by atoms with Crippen LogP contribution in [0.3, 0.4) is 0 Å². The summed E-state index contributed by atoms with van der Waals surface area (Å²) < 4.78 is 5.36. The van der Waals surface area contributed by atoms with Gasteiger partial charge in [0.25, 0.3) is 0 Å². The summed E-state index contributed by atoms with van der Waals surface area (Å²) in [5, 5.41) is 1.42. The highest BCUT2D eigenvalue weighted by Crippen LogP contribution is 2.47. The molecule has 2 heterocycles. The minimum atomic E-state index is 0.203. The Hall–Kier alpha value is -0.960. The molecule has 2 nitrogen and oxygen atoms in total. The SMILES string of the molecule is COc1ccc(C)cc1C(=O)C1CC2CCC(C1)S2. The van der Waals surface area contributed by atoms with Crippen LogP contribution in [0, 0.1) is 12.8 Å². The van der Waals surface area contributed by atoms with Crippen LogP contribution in [0.15, 0.2) is 18.2 Å². The average molecular weight is 276 g/mol. The Balaban J connectivity index is 1.85. The van der Waals surface area contributed by atoms with Crippen LogP contribution in [0.25, 0.3) is 0 Å². The first kappa shape index (κ1) is 13.0. The van der Waals surface area contributed by atoms with Gasteiger partial charge in [-0.05, 0) is 44.7 Å². The zero-order valence-electron chi connectivity index (χ0n) is 11.5. The number of fused-ring (bicyclic) bond motifs is 2. The summed E-state index contributed by atoms with van der Waals surface area (Å²) in [6.07, 6.45) is 4.70. The predicted molar refractivity (Wildman–Crippen MR) is 79.2 cm³/mol. The molecule has 1 aromatic carbocycles. The minimum absolute atomic E-state index is 0.203. The molecule has 2 aliphatic rings. The topological polar surface area (TPSA) is 26.3 Å². The highest BCUT2D eigenvalue weighted by molar-refractivity contribution is 8.00. The summed E-state index contributed by atoms with van der Waals surface area (Å²) in [5.74, 6) is 1.22. The normalized spacial score (nSPS) is 29.3. The Morgan fingerprint density at radius 1 is 1.26 bits per heavy atom. The molecule has 0 aliphatic carbocycles. The second-order valence-electron chi connectivity index (χ2n) is 5.69. The van der Waals surface area contributed by atoms with Crippen molar-refractivity contribution in [1.82, 2.24) is 0 Å². The Bertz CT molecular complexity index is 486. The van der Waals surface area contributed by atoms with Gasteiger partial charge in [0, 0.05) is 16.4 Å². The number of benzene rings is 1. The van der Waals surface area contributed by atoms with Crippen LogP contribution in [0.2, 0.25) is 0 Å². The smallest absolute Gasteiger partial charge is 0.169 e. The number of hydrogen-bond donors (Lipinski definition) is 0.